The van der Waals surface area contributed by atoms with Crippen LogP contribution in [0.15, 0.2) is 23.3 Å². The van der Waals surface area contributed by atoms with E-state index in [2.05, 4.69) is 0 Å². The van der Waals surface area contributed by atoms with Crippen LogP contribution in [0.4, 0.5) is 8.78 Å². The zero-order chi connectivity index (χ0) is 12.7. The van der Waals surface area contributed by atoms with E-state index in [1.165, 1.54) is 0 Å². The zero-order valence-corrected chi connectivity index (χ0v) is 8.62. The van der Waals surface area contributed by atoms with Crippen LogP contribution in [0.1, 0.15) is 13.8 Å². The lowest BCUT2D eigenvalue weighted by Crippen LogP contribution is -2.43. The maximum absolute atomic E-state index is 13.9. The molecule has 0 saturated carbocycles. The maximum atomic E-state index is 13.9. The van der Waals surface area contributed by atoms with Gasteiger partial charge in [0.05, 0.1) is 5.57 Å². The zero-order valence-electron chi connectivity index (χ0n) is 8.62. The van der Waals surface area contributed by atoms with Gasteiger partial charge in [0.1, 0.15) is 5.67 Å². The van der Waals surface area contributed by atoms with E-state index in [1.807, 2.05) is 0 Å². The summed E-state index contributed by atoms with van der Waals surface area (Å²) in [6, 6.07) is 0. The molecule has 0 aromatic carbocycles. The molecule has 6 heteroatoms. The summed E-state index contributed by atoms with van der Waals surface area (Å²) in [7, 11) is 0. The molecular weight excluding hydrogens is 222 g/mol. The van der Waals surface area contributed by atoms with Crippen LogP contribution >= 0.6 is 0 Å². The van der Waals surface area contributed by atoms with Crippen LogP contribution in [0.25, 0.3) is 0 Å². The summed E-state index contributed by atoms with van der Waals surface area (Å²) >= 11 is 0. The summed E-state index contributed by atoms with van der Waals surface area (Å²) in [4.78, 5) is 21.5. The van der Waals surface area contributed by atoms with Gasteiger partial charge in [-0.15, -0.1) is 0 Å². The fourth-order valence-electron chi connectivity index (χ4n) is 1.49. The van der Waals surface area contributed by atoms with E-state index in [1.54, 1.807) is 0 Å². The fraction of sp³-hybridized carbons (Fsp3) is 0.400. The van der Waals surface area contributed by atoms with Crippen LogP contribution < -0.4 is 0 Å². The largest absolute Gasteiger partial charge is 0.478 e. The minimum absolute atomic E-state index is 0.422. The molecule has 0 aromatic rings. The number of carboxylic acid groups (broad SMARTS) is 2. The molecule has 2 N–H and O–H groups in total. The van der Waals surface area contributed by atoms with Crippen molar-refractivity contribution in [3.8, 4) is 0 Å². The van der Waals surface area contributed by atoms with Crippen molar-refractivity contribution in [3.05, 3.63) is 23.3 Å². The molecule has 0 bridgehead atoms. The second kappa shape index (κ2) is 3.40. The number of aliphatic carboxylic acids is 2. The van der Waals surface area contributed by atoms with Gasteiger partial charge in [-0.3, -0.25) is 0 Å². The van der Waals surface area contributed by atoms with Crippen molar-refractivity contribution in [2.24, 2.45) is 0 Å². The van der Waals surface area contributed by atoms with Gasteiger partial charge in [0.15, 0.2) is 0 Å². The Morgan fingerprint density at radius 1 is 1.25 bits per heavy atom. The van der Waals surface area contributed by atoms with Crippen molar-refractivity contribution >= 4 is 11.9 Å². The molecule has 2 unspecified atom stereocenters. The van der Waals surface area contributed by atoms with Crippen LogP contribution in [0.2, 0.25) is 0 Å². The van der Waals surface area contributed by atoms with Gasteiger partial charge in [-0.05, 0) is 31.6 Å². The number of halogens is 2. The highest BCUT2D eigenvalue weighted by atomic mass is 19.1. The maximum Gasteiger partial charge on any atom is 0.350 e. The average Bonchev–Trinajstić information content (AvgIpc) is 2.12. The Kier molecular flexibility index (Phi) is 2.62. The van der Waals surface area contributed by atoms with Crippen LogP contribution in [-0.2, 0) is 9.59 Å². The lowest BCUT2D eigenvalue weighted by Gasteiger charge is -2.30. The molecule has 2 atom stereocenters. The Morgan fingerprint density at radius 2 is 1.75 bits per heavy atom. The smallest absolute Gasteiger partial charge is 0.350 e. The summed E-state index contributed by atoms with van der Waals surface area (Å²) in [6.45, 7) is 2.09. The van der Waals surface area contributed by atoms with Gasteiger partial charge >= 0.3 is 11.9 Å². The first-order valence-electron chi connectivity index (χ1n) is 4.39. The number of rotatable bonds is 2. The minimum atomic E-state index is -3.18. The number of carbonyl (C=O) groups is 2. The molecule has 4 nitrogen and oxygen atoms in total. The van der Waals surface area contributed by atoms with Gasteiger partial charge in [-0.2, -0.15) is 0 Å². The van der Waals surface area contributed by atoms with Gasteiger partial charge in [-0.1, -0.05) is 0 Å². The van der Waals surface area contributed by atoms with Crippen LogP contribution in [0.5, 0.6) is 0 Å². The molecule has 88 valence electrons. The Balaban J connectivity index is 3.50. The molecule has 1 rings (SSSR count). The van der Waals surface area contributed by atoms with Gasteiger partial charge < -0.3 is 10.2 Å². The summed E-state index contributed by atoms with van der Waals surface area (Å²) in [5.74, 6) is -3.76. The third kappa shape index (κ3) is 1.60. The molecule has 0 amide bonds. The molecule has 0 spiro atoms. The predicted octanol–water partition coefficient (Wildman–Crippen LogP) is 1.48. The second-order valence-corrected chi connectivity index (χ2v) is 3.73. The Bertz CT molecular complexity index is 423. The second-order valence-electron chi connectivity index (χ2n) is 3.73. The van der Waals surface area contributed by atoms with E-state index >= 15 is 0 Å². The number of alkyl halides is 2. The van der Waals surface area contributed by atoms with Crippen LogP contribution in [0, 0.1) is 0 Å². The third-order valence-corrected chi connectivity index (χ3v) is 2.62. The summed E-state index contributed by atoms with van der Waals surface area (Å²) in [5, 5.41) is 17.4. The molecule has 0 radical (unpaired) electrons. The molecule has 0 aromatic heterocycles. The van der Waals surface area contributed by atoms with E-state index in [0.717, 1.165) is 13.8 Å². The first-order chi connectivity index (χ1) is 7.13. The molecule has 0 saturated heterocycles. The first-order valence-corrected chi connectivity index (χ1v) is 4.39. The highest BCUT2D eigenvalue weighted by Gasteiger charge is 2.50. The predicted molar refractivity (Wildman–Crippen MR) is 50.5 cm³/mol. The molecule has 0 heterocycles. The molecule has 0 fully saturated rings. The normalized spacial score (nSPS) is 34.0. The monoisotopic (exact) mass is 232 g/mol. The Labute approximate surface area is 89.9 Å². The van der Waals surface area contributed by atoms with E-state index < -0.39 is 34.4 Å². The van der Waals surface area contributed by atoms with E-state index in [0.29, 0.717) is 12.2 Å². The number of allylic oxidation sites excluding steroid dienone is 2. The van der Waals surface area contributed by atoms with Crippen molar-refractivity contribution in [1.82, 2.24) is 0 Å². The van der Waals surface area contributed by atoms with Gasteiger partial charge in [0.25, 0.3) is 5.67 Å². The van der Waals surface area contributed by atoms with Crippen molar-refractivity contribution in [2.75, 3.05) is 0 Å². The highest BCUT2D eigenvalue weighted by Crippen LogP contribution is 2.39. The molecule has 1 aliphatic carbocycles. The standard InChI is InChI=1S/C10H10F2O4/c1-5-6(7(13)14)10(12,8(15)16)4-3-9(5,2)11/h3-4H,1-2H3,(H,13,14)(H,15,16). The fourth-order valence-corrected chi connectivity index (χ4v) is 1.49. The SMILES string of the molecule is CC1=C(C(=O)O)C(F)(C(=O)O)C=CC1(C)F. The van der Waals surface area contributed by atoms with Crippen molar-refractivity contribution in [1.29, 1.82) is 0 Å². The van der Waals surface area contributed by atoms with E-state index in [-0.39, 0.29) is 0 Å². The van der Waals surface area contributed by atoms with E-state index in [4.69, 9.17) is 10.2 Å². The molecular formula is C10H10F2O4. The molecule has 0 aliphatic heterocycles. The first kappa shape index (κ1) is 12.4. The number of carboxylic acids is 2. The van der Waals surface area contributed by atoms with Crippen molar-refractivity contribution in [2.45, 2.75) is 25.2 Å². The Morgan fingerprint density at radius 3 is 2.12 bits per heavy atom. The average molecular weight is 232 g/mol. The van der Waals surface area contributed by atoms with Crippen LogP contribution in [-0.4, -0.2) is 33.5 Å². The lowest BCUT2D eigenvalue weighted by molar-refractivity contribution is -0.149. The molecule has 16 heavy (non-hydrogen) atoms. The quantitative estimate of drug-likeness (QED) is 0.707. The van der Waals surface area contributed by atoms with E-state index in [9.17, 15) is 18.4 Å². The number of hydrogen-bond donors (Lipinski definition) is 2. The minimum Gasteiger partial charge on any atom is -0.478 e. The van der Waals surface area contributed by atoms with Crippen LogP contribution in [0.3, 0.4) is 0 Å². The van der Waals surface area contributed by atoms with Gasteiger partial charge in [-0.25, -0.2) is 18.4 Å². The summed E-state index contributed by atoms with van der Waals surface area (Å²) in [6.07, 6.45) is 1.13. The van der Waals surface area contributed by atoms with Gasteiger partial charge in [0, 0.05) is 0 Å². The highest BCUT2D eigenvalue weighted by molar-refractivity contribution is 6.01. The van der Waals surface area contributed by atoms with Crippen molar-refractivity contribution < 1.29 is 28.6 Å². The van der Waals surface area contributed by atoms with Crippen molar-refractivity contribution in [3.63, 3.8) is 0 Å². The van der Waals surface area contributed by atoms with Gasteiger partial charge in [0.2, 0.25) is 0 Å². The lowest BCUT2D eigenvalue weighted by atomic mass is 9.79. The molecule has 1 aliphatic rings. The topological polar surface area (TPSA) is 74.6 Å². The number of hydrogen-bond acceptors (Lipinski definition) is 2. The summed E-state index contributed by atoms with van der Waals surface area (Å²) < 4.78 is 27.6. The Hall–Kier alpha value is -1.72. The summed E-state index contributed by atoms with van der Waals surface area (Å²) in [5.41, 5.74) is -6.86. The third-order valence-electron chi connectivity index (χ3n) is 2.62.